The summed E-state index contributed by atoms with van der Waals surface area (Å²) in [5.41, 5.74) is 1.26. The number of hydrogen-bond donors (Lipinski definition) is 1. The summed E-state index contributed by atoms with van der Waals surface area (Å²) in [6.45, 7) is 3.23. The lowest BCUT2D eigenvalue weighted by molar-refractivity contribution is 0.0945. The first-order chi connectivity index (χ1) is 11.8. The Bertz CT molecular complexity index is 702. The fourth-order valence-electron chi connectivity index (χ4n) is 2.55. The lowest BCUT2D eigenvalue weighted by Crippen LogP contribution is -2.37. The molecule has 1 N–H and O–H groups in total. The van der Waals surface area contributed by atoms with Gasteiger partial charge in [-0.25, -0.2) is 9.97 Å². The van der Waals surface area contributed by atoms with Crippen LogP contribution in [0.5, 0.6) is 5.75 Å². The molecule has 1 aliphatic rings. The third-order valence-corrected chi connectivity index (χ3v) is 3.85. The van der Waals surface area contributed by atoms with Crippen LogP contribution < -0.4 is 15.0 Å². The Morgan fingerprint density at radius 3 is 2.88 bits per heavy atom. The van der Waals surface area contributed by atoms with Crippen LogP contribution in [-0.2, 0) is 11.3 Å². The van der Waals surface area contributed by atoms with E-state index in [9.17, 15) is 4.79 Å². The molecule has 2 aromatic rings. The highest BCUT2D eigenvalue weighted by molar-refractivity contribution is 5.92. The van der Waals surface area contributed by atoms with Gasteiger partial charge in [-0.3, -0.25) is 4.79 Å². The van der Waals surface area contributed by atoms with E-state index in [-0.39, 0.29) is 5.91 Å². The number of nitrogens with zero attached hydrogens (tertiary/aromatic N) is 3. The zero-order chi connectivity index (χ0) is 16.8. The number of rotatable bonds is 5. The molecule has 1 amide bonds. The predicted octanol–water partition coefficient (Wildman–Crippen LogP) is 1.25. The molecule has 0 saturated carbocycles. The smallest absolute Gasteiger partial charge is 0.270 e. The van der Waals surface area contributed by atoms with Crippen LogP contribution in [0.2, 0.25) is 0 Å². The van der Waals surface area contributed by atoms with Crippen LogP contribution in [0.3, 0.4) is 0 Å². The number of hydrogen-bond acceptors (Lipinski definition) is 6. The standard InChI is InChI=1S/C17H20N4O3/c1-23-15-5-3-2-4-13(15)11-18-17(22)14-10-16(20-12-19-14)21-6-8-24-9-7-21/h2-5,10,12H,6-9,11H2,1H3,(H,18,22). The first-order valence-electron chi connectivity index (χ1n) is 7.83. The quantitative estimate of drug-likeness (QED) is 0.890. The SMILES string of the molecule is COc1ccccc1CNC(=O)c1cc(N2CCOCC2)ncn1. The van der Waals surface area contributed by atoms with Crippen molar-refractivity contribution in [2.24, 2.45) is 0 Å². The highest BCUT2D eigenvalue weighted by Crippen LogP contribution is 2.17. The molecule has 0 aliphatic carbocycles. The van der Waals surface area contributed by atoms with Crippen molar-refractivity contribution in [1.29, 1.82) is 0 Å². The number of para-hydroxylation sites is 1. The molecular weight excluding hydrogens is 308 g/mol. The molecular formula is C17H20N4O3. The Labute approximate surface area is 140 Å². The fourth-order valence-corrected chi connectivity index (χ4v) is 2.55. The number of anilines is 1. The van der Waals surface area contributed by atoms with Gasteiger partial charge in [0.2, 0.25) is 0 Å². The molecule has 1 aromatic carbocycles. The maximum atomic E-state index is 12.4. The highest BCUT2D eigenvalue weighted by atomic mass is 16.5. The van der Waals surface area contributed by atoms with Gasteiger partial charge in [-0.2, -0.15) is 0 Å². The molecule has 24 heavy (non-hydrogen) atoms. The van der Waals surface area contributed by atoms with E-state index in [2.05, 4.69) is 20.2 Å². The molecule has 7 heteroatoms. The summed E-state index contributed by atoms with van der Waals surface area (Å²) in [6, 6.07) is 9.29. The maximum absolute atomic E-state index is 12.4. The number of methoxy groups -OCH3 is 1. The summed E-state index contributed by atoms with van der Waals surface area (Å²) >= 11 is 0. The van der Waals surface area contributed by atoms with Crippen LogP contribution in [-0.4, -0.2) is 49.3 Å². The van der Waals surface area contributed by atoms with E-state index >= 15 is 0 Å². The lowest BCUT2D eigenvalue weighted by Gasteiger charge is -2.27. The molecule has 1 aliphatic heterocycles. The zero-order valence-electron chi connectivity index (χ0n) is 13.6. The number of nitrogens with one attached hydrogen (secondary N) is 1. The predicted molar refractivity (Wildman–Crippen MR) is 89.2 cm³/mol. The molecule has 3 rings (SSSR count). The summed E-state index contributed by atoms with van der Waals surface area (Å²) in [5, 5.41) is 2.87. The normalized spacial score (nSPS) is 14.3. The first kappa shape index (κ1) is 16.2. The summed E-state index contributed by atoms with van der Waals surface area (Å²) in [5.74, 6) is 1.25. The lowest BCUT2D eigenvalue weighted by atomic mass is 10.2. The fraction of sp³-hybridized carbons (Fsp3) is 0.353. The Balaban J connectivity index is 1.66. The molecule has 0 radical (unpaired) electrons. The molecule has 1 fully saturated rings. The number of morpholine rings is 1. The number of carbonyl (C=O) groups is 1. The second kappa shape index (κ2) is 7.74. The molecule has 126 valence electrons. The molecule has 0 unspecified atom stereocenters. The van der Waals surface area contributed by atoms with Crippen LogP contribution >= 0.6 is 0 Å². The van der Waals surface area contributed by atoms with Gasteiger partial charge in [0.15, 0.2) is 0 Å². The molecule has 1 saturated heterocycles. The summed E-state index contributed by atoms with van der Waals surface area (Å²) in [6.07, 6.45) is 1.42. The summed E-state index contributed by atoms with van der Waals surface area (Å²) in [4.78, 5) is 22.8. The molecule has 7 nitrogen and oxygen atoms in total. The van der Waals surface area contributed by atoms with Crippen molar-refractivity contribution in [1.82, 2.24) is 15.3 Å². The van der Waals surface area contributed by atoms with Crippen molar-refractivity contribution in [2.45, 2.75) is 6.54 Å². The number of ether oxygens (including phenoxy) is 2. The van der Waals surface area contributed by atoms with E-state index in [0.717, 1.165) is 30.2 Å². The van der Waals surface area contributed by atoms with Gasteiger partial charge >= 0.3 is 0 Å². The Morgan fingerprint density at radius 1 is 1.29 bits per heavy atom. The molecule has 0 bridgehead atoms. The van der Waals surface area contributed by atoms with Gasteiger partial charge in [-0.05, 0) is 6.07 Å². The Kier molecular flexibility index (Phi) is 5.22. The van der Waals surface area contributed by atoms with Crippen LogP contribution in [0.4, 0.5) is 5.82 Å². The van der Waals surface area contributed by atoms with E-state index in [4.69, 9.17) is 9.47 Å². The second-order valence-corrected chi connectivity index (χ2v) is 5.36. The van der Waals surface area contributed by atoms with E-state index in [1.54, 1.807) is 13.2 Å². The van der Waals surface area contributed by atoms with Gasteiger partial charge in [0.1, 0.15) is 23.6 Å². The zero-order valence-corrected chi connectivity index (χ0v) is 13.6. The van der Waals surface area contributed by atoms with E-state index in [1.807, 2.05) is 24.3 Å². The third-order valence-electron chi connectivity index (χ3n) is 3.85. The number of aromatic nitrogens is 2. The van der Waals surface area contributed by atoms with Gasteiger partial charge in [-0.1, -0.05) is 18.2 Å². The van der Waals surface area contributed by atoms with Gasteiger partial charge in [0.05, 0.1) is 20.3 Å². The molecule has 2 heterocycles. The minimum absolute atomic E-state index is 0.238. The van der Waals surface area contributed by atoms with E-state index in [1.165, 1.54) is 6.33 Å². The van der Waals surface area contributed by atoms with Crippen LogP contribution in [0.25, 0.3) is 0 Å². The second-order valence-electron chi connectivity index (χ2n) is 5.36. The van der Waals surface area contributed by atoms with Crippen LogP contribution in [0.1, 0.15) is 16.1 Å². The van der Waals surface area contributed by atoms with Gasteiger partial charge in [0, 0.05) is 31.3 Å². The van der Waals surface area contributed by atoms with Crippen molar-refractivity contribution >= 4 is 11.7 Å². The van der Waals surface area contributed by atoms with Crippen molar-refractivity contribution < 1.29 is 14.3 Å². The van der Waals surface area contributed by atoms with Gasteiger partial charge in [0.25, 0.3) is 5.91 Å². The topological polar surface area (TPSA) is 76.6 Å². The maximum Gasteiger partial charge on any atom is 0.270 e. The van der Waals surface area contributed by atoms with Gasteiger partial charge in [-0.15, -0.1) is 0 Å². The average molecular weight is 328 g/mol. The monoisotopic (exact) mass is 328 g/mol. The molecule has 1 aromatic heterocycles. The number of amides is 1. The Morgan fingerprint density at radius 2 is 2.08 bits per heavy atom. The number of carbonyl (C=O) groups excluding carboxylic acids is 1. The van der Waals surface area contributed by atoms with Crippen molar-refractivity contribution in [3.05, 3.63) is 47.9 Å². The average Bonchev–Trinajstić information content (AvgIpc) is 2.67. The third kappa shape index (κ3) is 3.80. The molecule has 0 spiro atoms. The largest absolute Gasteiger partial charge is 0.496 e. The minimum Gasteiger partial charge on any atom is -0.496 e. The first-order valence-corrected chi connectivity index (χ1v) is 7.83. The highest BCUT2D eigenvalue weighted by Gasteiger charge is 2.15. The van der Waals surface area contributed by atoms with Crippen LogP contribution in [0, 0.1) is 0 Å². The van der Waals surface area contributed by atoms with Crippen molar-refractivity contribution in [3.8, 4) is 5.75 Å². The summed E-state index contributed by atoms with van der Waals surface area (Å²) < 4.78 is 10.6. The minimum atomic E-state index is -0.238. The van der Waals surface area contributed by atoms with E-state index in [0.29, 0.717) is 25.5 Å². The van der Waals surface area contributed by atoms with Crippen LogP contribution in [0.15, 0.2) is 36.7 Å². The summed E-state index contributed by atoms with van der Waals surface area (Å²) in [7, 11) is 1.61. The number of benzene rings is 1. The van der Waals surface area contributed by atoms with Gasteiger partial charge < -0.3 is 19.7 Å². The van der Waals surface area contributed by atoms with E-state index < -0.39 is 0 Å². The Hall–Kier alpha value is -2.67. The molecule has 0 atom stereocenters. The van der Waals surface area contributed by atoms with Crippen molar-refractivity contribution in [3.63, 3.8) is 0 Å². The van der Waals surface area contributed by atoms with Crippen molar-refractivity contribution in [2.75, 3.05) is 38.3 Å².